The summed E-state index contributed by atoms with van der Waals surface area (Å²) in [4.78, 5) is 0. The highest BCUT2D eigenvalue weighted by Crippen LogP contribution is 2.30. The van der Waals surface area contributed by atoms with Gasteiger partial charge in [0.1, 0.15) is 0 Å². The van der Waals surface area contributed by atoms with Gasteiger partial charge >= 0.3 is 6.18 Å². The molecular formula is C19H15F3OS. The van der Waals surface area contributed by atoms with Gasteiger partial charge in [0.15, 0.2) is 0 Å². The topological polar surface area (TPSA) is 17.1 Å². The minimum Gasteiger partial charge on any atom is -0.259 e. The van der Waals surface area contributed by atoms with Crippen LogP contribution in [0.15, 0.2) is 66.7 Å². The highest BCUT2D eigenvalue weighted by Gasteiger charge is 2.30. The third-order valence-electron chi connectivity index (χ3n) is 3.78. The van der Waals surface area contributed by atoms with Gasteiger partial charge in [-0.1, -0.05) is 60.7 Å². The summed E-state index contributed by atoms with van der Waals surface area (Å²) in [6, 6.07) is 18.6. The maximum absolute atomic E-state index is 12.8. The number of alkyl halides is 3. The van der Waals surface area contributed by atoms with Gasteiger partial charge in [-0.15, -0.1) is 0 Å². The van der Waals surface area contributed by atoms with Crippen LogP contribution in [-0.4, -0.2) is 4.21 Å². The number of benzene rings is 3. The molecule has 0 aliphatic carbocycles. The van der Waals surface area contributed by atoms with Crippen molar-refractivity contribution < 1.29 is 17.4 Å². The van der Waals surface area contributed by atoms with E-state index in [0.717, 1.165) is 28.5 Å². The van der Waals surface area contributed by atoms with E-state index in [2.05, 4.69) is 0 Å². The zero-order valence-electron chi connectivity index (χ0n) is 12.7. The Hall–Kier alpha value is -2.14. The van der Waals surface area contributed by atoms with Gasteiger partial charge in [-0.25, -0.2) is 0 Å². The van der Waals surface area contributed by atoms with Gasteiger partial charge in [-0.3, -0.25) is 4.21 Å². The molecule has 0 bridgehead atoms. The van der Waals surface area contributed by atoms with Gasteiger partial charge in [0.05, 0.1) is 5.56 Å². The number of rotatable bonds is 4. The molecule has 0 saturated carbocycles. The minimum atomic E-state index is -4.38. The Bertz CT molecular complexity index is 882. The van der Waals surface area contributed by atoms with Crippen LogP contribution in [-0.2, 0) is 28.5 Å². The van der Waals surface area contributed by atoms with Crippen LogP contribution in [0.1, 0.15) is 16.7 Å². The Balaban J connectivity index is 1.78. The van der Waals surface area contributed by atoms with Crippen molar-refractivity contribution in [2.24, 2.45) is 0 Å². The molecule has 0 N–H and O–H groups in total. The van der Waals surface area contributed by atoms with Crippen LogP contribution in [0.2, 0.25) is 0 Å². The smallest absolute Gasteiger partial charge is 0.259 e. The van der Waals surface area contributed by atoms with E-state index in [1.165, 1.54) is 6.07 Å². The van der Waals surface area contributed by atoms with Gasteiger partial charge < -0.3 is 0 Å². The molecule has 0 fully saturated rings. The van der Waals surface area contributed by atoms with Gasteiger partial charge in [-0.2, -0.15) is 13.2 Å². The SMILES string of the molecule is O=[S@](Cc1cccc(C(F)(F)F)c1)Cc1cccc2ccccc12. The lowest BCUT2D eigenvalue weighted by Gasteiger charge is -2.09. The molecule has 3 aromatic rings. The second kappa shape index (κ2) is 6.77. The highest BCUT2D eigenvalue weighted by molar-refractivity contribution is 7.83. The van der Waals surface area contributed by atoms with Crippen LogP contribution >= 0.6 is 0 Å². The first-order chi connectivity index (χ1) is 11.4. The van der Waals surface area contributed by atoms with Crippen LogP contribution in [0.5, 0.6) is 0 Å². The molecule has 0 aliphatic heterocycles. The first-order valence-electron chi connectivity index (χ1n) is 7.41. The number of hydrogen-bond donors (Lipinski definition) is 0. The molecule has 1 atom stereocenters. The summed E-state index contributed by atoms with van der Waals surface area (Å²) in [5.74, 6) is 0.421. The molecule has 0 radical (unpaired) electrons. The summed E-state index contributed by atoms with van der Waals surface area (Å²) in [5, 5.41) is 2.09. The van der Waals surface area contributed by atoms with E-state index >= 15 is 0 Å². The fourth-order valence-corrected chi connectivity index (χ4v) is 3.92. The Morgan fingerprint density at radius 1 is 0.833 bits per heavy atom. The molecule has 0 amide bonds. The fraction of sp³-hybridized carbons (Fsp3) is 0.158. The van der Waals surface area contributed by atoms with Crippen molar-refractivity contribution in [1.82, 2.24) is 0 Å². The first-order valence-corrected chi connectivity index (χ1v) is 8.90. The standard InChI is InChI=1S/C19H15F3OS/c20-19(21,22)17-9-3-5-14(11-17)12-24(23)13-16-8-4-7-15-6-1-2-10-18(15)16/h1-11H,12-13H2/t24-/m1/s1. The van der Waals surface area contributed by atoms with Gasteiger partial charge in [0, 0.05) is 22.3 Å². The van der Waals surface area contributed by atoms with E-state index < -0.39 is 22.5 Å². The molecule has 1 nitrogen and oxygen atoms in total. The molecular weight excluding hydrogens is 333 g/mol. The van der Waals surface area contributed by atoms with E-state index in [1.54, 1.807) is 6.07 Å². The number of hydrogen-bond acceptors (Lipinski definition) is 1. The summed E-state index contributed by atoms with van der Waals surface area (Å²) < 4.78 is 50.7. The van der Waals surface area contributed by atoms with E-state index in [9.17, 15) is 17.4 Å². The Morgan fingerprint density at radius 2 is 1.54 bits per heavy atom. The predicted octanol–water partition coefficient (Wildman–Crippen LogP) is 5.31. The molecule has 124 valence electrons. The van der Waals surface area contributed by atoms with E-state index in [-0.39, 0.29) is 5.75 Å². The number of halogens is 3. The molecule has 0 spiro atoms. The highest BCUT2D eigenvalue weighted by atomic mass is 32.2. The molecule has 0 heterocycles. The molecule has 3 rings (SSSR count). The average molecular weight is 348 g/mol. The number of fused-ring (bicyclic) bond motifs is 1. The van der Waals surface area contributed by atoms with Crippen LogP contribution in [0.4, 0.5) is 13.2 Å². The summed E-state index contributed by atoms with van der Waals surface area (Å²) >= 11 is 0. The maximum Gasteiger partial charge on any atom is 0.416 e. The summed E-state index contributed by atoms with van der Waals surface area (Å²) in [5.41, 5.74) is 0.670. The van der Waals surface area contributed by atoms with E-state index in [4.69, 9.17) is 0 Å². The van der Waals surface area contributed by atoms with Crippen LogP contribution in [0, 0.1) is 0 Å². The van der Waals surface area contributed by atoms with Crippen molar-refractivity contribution in [1.29, 1.82) is 0 Å². The summed E-state index contributed by atoms with van der Waals surface area (Å²) in [7, 11) is -1.28. The Morgan fingerprint density at radius 3 is 2.33 bits per heavy atom. The zero-order chi connectivity index (χ0) is 17.2. The second-order valence-electron chi connectivity index (χ2n) is 5.56. The van der Waals surface area contributed by atoms with Crippen LogP contribution in [0.25, 0.3) is 10.8 Å². The maximum atomic E-state index is 12.8. The van der Waals surface area contributed by atoms with Gasteiger partial charge in [0.25, 0.3) is 0 Å². The van der Waals surface area contributed by atoms with Gasteiger partial charge in [0.2, 0.25) is 0 Å². The third-order valence-corrected chi connectivity index (χ3v) is 5.07. The molecule has 0 aromatic heterocycles. The van der Waals surface area contributed by atoms with Crippen molar-refractivity contribution in [3.63, 3.8) is 0 Å². The van der Waals surface area contributed by atoms with Gasteiger partial charge in [-0.05, 0) is 28.0 Å². The zero-order valence-corrected chi connectivity index (χ0v) is 13.5. The minimum absolute atomic E-state index is 0.104. The van der Waals surface area contributed by atoms with Crippen LogP contribution in [0.3, 0.4) is 0 Å². The lowest BCUT2D eigenvalue weighted by molar-refractivity contribution is -0.137. The largest absolute Gasteiger partial charge is 0.416 e. The fourth-order valence-electron chi connectivity index (χ4n) is 2.67. The Labute approximate surface area is 140 Å². The lowest BCUT2D eigenvalue weighted by atomic mass is 10.1. The predicted molar refractivity (Wildman–Crippen MR) is 90.9 cm³/mol. The normalized spacial score (nSPS) is 13.1. The summed E-state index contributed by atoms with van der Waals surface area (Å²) in [6.07, 6.45) is -4.38. The summed E-state index contributed by atoms with van der Waals surface area (Å²) in [6.45, 7) is 0. The second-order valence-corrected chi connectivity index (χ2v) is 7.02. The molecule has 24 heavy (non-hydrogen) atoms. The van der Waals surface area contributed by atoms with Crippen molar-refractivity contribution in [2.45, 2.75) is 17.7 Å². The molecule has 3 aromatic carbocycles. The Kier molecular flexibility index (Phi) is 4.71. The first kappa shape index (κ1) is 16.7. The molecule has 0 saturated heterocycles. The lowest BCUT2D eigenvalue weighted by Crippen LogP contribution is -2.06. The van der Waals surface area contributed by atoms with Crippen molar-refractivity contribution in [3.05, 3.63) is 83.4 Å². The van der Waals surface area contributed by atoms with Crippen LogP contribution < -0.4 is 0 Å². The van der Waals surface area contributed by atoms with Crippen molar-refractivity contribution in [2.75, 3.05) is 0 Å². The van der Waals surface area contributed by atoms with Crippen molar-refractivity contribution >= 4 is 21.6 Å². The van der Waals surface area contributed by atoms with Crippen molar-refractivity contribution in [3.8, 4) is 0 Å². The third kappa shape index (κ3) is 3.85. The molecule has 0 aliphatic rings. The molecule has 0 unspecified atom stereocenters. The molecule has 5 heteroatoms. The quantitative estimate of drug-likeness (QED) is 0.625. The average Bonchev–Trinajstić information content (AvgIpc) is 2.54. The monoisotopic (exact) mass is 348 g/mol. The van der Waals surface area contributed by atoms with E-state index in [0.29, 0.717) is 11.3 Å². The van der Waals surface area contributed by atoms with E-state index in [1.807, 2.05) is 42.5 Å².